The third-order valence-electron chi connectivity index (χ3n) is 6.97. The number of carbonyl (C=O) groups excluding carboxylic acids is 1. The molecule has 0 radical (unpaired) electrons. The van der Waals surface area contributed by atoms with E-state index in [1.54, 1.807) is 0 Å². The third kappa shape index (κ3) is 2.92. The van der Waals surface area contributed by atoms with E-state index in [-0.39, 0.29) is 17.8 Å². The Hall–Kier alpha value is -2.28. The summed E-state index contributed by atoms with van der Waals surface area (Å²) < 4.78 is 6.93. The monoisotopic (exact) mass is 384 g/mol. The Morgan fingerprint density at radius 3 is 2.64 bits per heavy atom. The molecule has 1 amide bonds. The molecule has 3 saturated heterocycles. The fraction of sp³-hybridized carbons (Fsp3) is 0.619. The molecular formula is C21H28N4O3. The van der Waals surface area contributed by atoms with Crippen molar-refractivity contribution in [3.8, 4) is 0 Å². The summed E-state index contributed by atoms with van der Waals surface area (Å²) in [6, 6.07) is 8.84. The molecule has 1 unspecified atom stereocenters. The Morgan fingerprint density at radius 2 is 1.89 bits per heavy atom. The lowest BCUT2D eigenvalue weighted by molar-refractivity contribution is 0.0640. The van der Waals surface area contributed by atoms with Gasteiger partial charge in [-0.05, 0) is 50.2 Å². The molecule has 7 nitrogen and oxygen atoms in total. The van der Waals surface area contributed by atoms with Gasteiger partial charge >= 0.3 is 11.8 Å². The van der Waals surface area contributed by atoms with Gasteiger partial charge in [-0.3, -0.25) is 4.57 Å². The van der Waals surface area contributed by atoms with Crippen LogP contribution in [-0.2, 0) is 4.74 Å². The third-order valence-corrected chi connectivity index (χ3v) is 6.97. The van der Waals surface area contributed by atoms with E-state index in [4.69, 9.17) is 4.74 Å². The van der Waals surface area contributed by atoms with Crippen molar-refractivity contribution in [1.29, 1.82) is 0 Å². The first-order valence-electron chi connectivity index (χ1n) is 10.4. The van der Waals surface area contributed by atoms with Crippen LogP contribution in [0.2, 0.25) is 0 Å². The van der Waals surface area contributed by atoms with Gasteiger partial charge in [-0.15, -0.1) is 0 Å². The molecule has 28 heavy (non-hydrogen) atoms. The molecule has 0 aliphatic carbocycles. The number of ether oxygens (including phenoxy) is 1. The van der Waals surface area contributed by atoms with Gasteiger partial charge in [0.15, 0.2) is 0 Å². The highest BCUT2D eigenvalue weighted by Crippen LogP contribution is 2.40. The number of methoxy groups -OCH3 is 1. The molecule has 0 saturated carbocycles. The number of imidazole rings is 1. The number of hydrogen-bond donors (Lipinski definition) is 1. The highest BCUT2D eigenvalue weighted by Gasteiger charge is 2.44. The van der Waals surface area contributed by atoms with Crippen LogP contribution in [0.1, 0.15) is 38.1 Å². The molecule has 0 spiro atoms. The molecule has 1 N–H and O–H groups in total. The Kier molecular flexibility index (Phi) is 4.42. The Labute approximate surface area is 164 Å². The molecule has 7 heteroatoms. The van der Waals surface area contributed by atoms with Crippen molar-refractivity contribution >= 4 is 17.1 Å². The molecule has 2 aromatic rings. The number of aromatic nitrogens is 2. The second-order valence-corrected chi connectivity index (χ2v) is 8.62. The average Bonchev–Trinajstić information content (AvgIpc) is 3.35. The number of H-pyrrole nitrogens is 1. The van der Waals surface area contributed by atoms with Crippen molar-refractivity contribution in [3.63, 3.8) is 0 Å². The van der Waals surface area contributed by atoms with Gasteiger partial charge in [0.1, 0.15) is 0 Å². The smallest absolute Gasteiger partial charge is 0.409 e. The Morgan fingerprint density at radius 1 is 1.14 bits per heavy atom. The van der Waals surface area contributed by atoms with Gasteiger partial charge < -0.3 is 19.5 Å². The summed E-state index contributed by atoms with van der Waals surface area (Å²) in [6.45, 7) is 3.02. The van der Waals surface area contributed by atoms with Crippen LogP contribution < -0.4 is 5.69 Å². The van der Waals surface area contributed by atoms with Crippen molar-refractivity contribution in [2.75, 3.05) is 26.7 Å². The topological polar surface area (TPSA) is 70.6 Å². The predicted octanol–water partition coefficient (Wildman–Crippen LogP) is 2.59. The number of aromatic amines is 1. The lowest BCUT2D eigenvalue weighted by atomic mass is 9.90. The second-order valence-electron chi connectivity index (χ2n) is 8.62. The zero-order chi connectivity index (χ0) is 19.3. The number of amides is 1. The van der Waals surface area contributed by atoms with E-state index in [2.05, 4.69) is 9.88 Å². The van der Waals surface area contributed by atoms with Crippen LogP contribution in [0.15, 0.2) is 29.1 Å². The van der Waals surface area contributed by atoms with Gasteiger partial charge in [-0.1, -0.05) is 12.1 Å². The Balaban J connectivity index is 1.25. The van der Waals surface area contributed by atoms with Gasteiger partial charge in [0.25, 0.3) is 0 Å². The number of benzene rings is 1. The average molecular weight is 384 g/mol. The van der Waals surface area contributed by atoms with Crippen molar-refractivity contribution < 1.29 is 9.53 Å². The van der Waals surface area contributed by atoms with Crippen LogP contribution in [-0.4, -0.2) is 64.3 Å². The van der Waals surface area contributed by atoms with Crippen LogP contribution in [0.3, 0.4) is 0 Å². The summed E-state index contributed by atoms with van der Waals surface area (Å²) >= 11 is 0. The number of likely N-dealkylation sites (tertiary alicyclic amines) is 1. The molecule has 5 rings (SSSR count). The zero-order valence-corrected chi connectivity index (χ0v) is 16.3. The molecular weight excluding hydrogens is 356 g/mol. The van der Waals surface area contributed by atoms with E-state index in [0.29, 0.717) is 18.0 Å². The van der Waals surface area contributed by atoms with Crippen molar-refractivity contribution in [3.05, 3.63) is 34.7 Å². The SMILES string of the molecule is COC(=O)N1[C@@H]2CC[C@H]1CC(CN1CC[C@H](n3c(=O)[nH]c4ccccc43)C1)C2. The highest BCUT2D eigenvalue weighted by molar-refractivity contribution is 5.75. The lowest BCUT2D eigenvalue weighted by Gasteiger charge is -2.39. The first kappa shape index (κ1) is 17.8. The number of hydrogen-bond acceptors (Lipinski definition) is 4. The number of rotatable bonds is 3. The number of nitrogens with zero attached hydrogens (tertiary/aromatic N) is 3. The fourth-order valence-electron chi connectivity index (χ4n) is 5.83. The number of carbonyl (C=O) groups is 1. The molecule has 2 bridgehead atoms. The van der Waals surface area contributed by atoms with Crippen LogP contribution in [0, 0.1) is 5.92 Å². The highest BCUT2D eigenvalue weighted by atomic mass is 16.5. The maximum absolute atomic E-state index is 12.5. The van der Waals surface area contributed by atoms with Gasteiger partial charge in [0, 0.05) is 31.7 Å². The van der Waals surface area contributed by atoms with Gasteiger partial charge in [-0.2, -0.15) is 0 Å². The van der Waals surface area contributed by atoms with Crippen molar-refractivity contribution in [2.45, 2.75) is 50.2 Å². The summed E-state index contributed by atoms with van der Waals surface area (Å²) in [7, 11) is 1.48. The summed E-state index contributed by atoms with van der Waals surface area (Å²) in [5.74, 6) is 0.622. The quantitative estimate of drug-likeness (QED) is 0.883. The van der Waals surface area contributed by atoms with Gasteiger partial charge in [-0.25, -0.2) is 9.59 Å². The molecule has 1 aromatic carbocycles. The molecule has 1 aromatic heterocycles. The number of piperidine rings is 1. The van der Waals surface area contributed by atoms with Gasteiger partial charge in [0.2, 0.25) is 0 Å². The molecule has 150 valence electrons. The van der Waals surface area contributed by atoms with E-state index in [1.807, 2.05) is 33.7 Å². The predicted molar refractivity (Wildman–Crippen MR) is 106 cm³/mol. The minimum atomic E-state index is -0.161. The maximum atomic E-state index is 12.5. The number of nitrogens with one attached hydrogen (secondary N) is 1. The second kappa shape index (κ2) is 6.95. The van der Waals surface area contributed by atoms with Crippen LogP contribution in [0.5, 0.6) is 0 Å². The largest absolute Gasteiger partial charge is 0.453 e. The lowest BCUT2D eigenvalue weighted by Crippen LogP contribution is -2.48. The van der Waals surface area contributed by atoms with E-state index in [1.165, 1.54) is 7.11 Å². The first-order valence-corrected chi connectivity index (χ1v) is 10.4. The minimum absolute atomic E-state index is 0.00233. The van der Waals surface area contributed by atoms with Crippen LogP contribution in [0.25, 0.3) is 11.0 Å². The molecule has 3 aliphatic heterocycles. The molecule has 4 heterocycles. The van der Waals surface area contributed by atoms with E-state index >= 15 is 0 Å². The standard InChI is InChI=1S/C21H28N4O3/c1-28-21(27)24-15-6-7-16(24)11-14(10-15)12-23-9-8-17(13-23)25-19-5-3-2-4-18(19)22-20(25)26/h2-5,14-17H,6-13H2,1H3,(H,22,26)/t14?,15-,16+,17-/m0/s1. The minimum Gasteiger partial charge on any atom is -0.453 e. The van der Waals surface area contributed by atoms with E-state index in [9.17, 15) is 9.59 Å². The van der Waals surface area contributed by atoms with Gasteiger partial charge in [0.05, 0.1) is 24.2 Å². The van der Waals surface area contributed by atoms with E-state index in [0.717, 1.165) is 62.8 Å². The van der Waals surface area contributed by atoms with Crippen molar-refractivity contribution in [1.82, 2.24) is 19.4 Å². The zero-order valence-electron chi connectivity index (χ0n) is 16.3. The summed E-state index contributed by atoms with van der Waals surface area (Å²) in [4.78, 5) is 32.0. The molecule has 4 atom stereocenters. The van der Waals surface area contributed by atoms with Crippen LogP contribution >= 0.6 is 0 Å². The fourth-order valence-corrected chi connectivity index (χ4v) is 5.83. The number of para-hydroxylation sites is 2. The Bertz CT molecular complexity index is 921. The van der Waals surface area contributed by atoms with Crippen molar-refractivity contribution in [2.24, 2.45) is 5.92 Å². The van der Waals surface area contributed by atoms with Crippen LogP contribution in [0.4, 0.5) is 4.79 Å². The summed E-state index contributed by atoms with van der Waals surface area (Å²) in [5, 5.41) is 0. The summed E-state index contributed by atoms with van der Waals surface area (Å²) in [5.41, 5.74) is 1.92. The molecule has 3 aliphatic rings. The normalized spacial score (nSPS) is 30.2. The molecule has 3 fully saturated rings. The van der Waals surface area contributed by atoms with E-state index < -0.39 is 0 Å². The first-order chi connectivity index (χ1) is 13.6. The summed E-state index contributed by atoms with van der Waals surface area (Å²) in [6.07, 6.45) is 5.19. The maximum Gasteiger partial charge on any atom is 0.409 e. The number of fused-ring (bicyclic) bond motifs is 3.